The maximum atomic E-state index is 4.79. The van der Waals surface area contributed by atoms with Crippen molar-refractivity contribution >= 4 is 17.3 Å². The molecule has 2 unspecified atom stereocenters. The van der Waals surface area contributed by atoms with E-state index in [1.165, 1.54) is 0 Å². The zero-order valence-electron chi connectivity index (χ0n) is 13.2. The molecular weight excluding hydrogens is 264 g/mol. The fraction of sp³-hybridized carbons (Fsp3) is 0.600. The quantitative estimate of drug-likeness (QED) is 0.925. The van der Waals surface area contributed by atoms with Crippen LogP contribution in [-0.2, 0) is 0 Å². The third-order valence-electron chi connectivity index (χ3n) is 4.25. The van der Waals surface area contributed by atoms with Gasteiger partial charge in [0.2, 0.25) is 0 Å². The summed E-state index contributed by atoms with van der Waals surface area (Å²) < 4.78 is 2.05. The van der Waals surface area contributed by atoms with Crippen molar-refractivity contribution < 1.29 is 0 Å². The maximum Gasteiger partial charge on any atom is 0.180 e. The predicted octanol–water partition coefficient (Wildman–Crippen LogP) is 1.55. The molecule has 0 amide bonds. The Balaban J connectivity index is 1.98. The molecular formula is C15H24N6. The van der Waals surface area contributed by atoms with E-state index in [2.05, 4.69) is 48.0 Å². The Hall–Kier alpha value is -1.82. The number of imidazole rings is 1. The van der Waals surface area contributed by atoms with Crippen molar-refractivity contribution in [1.82, 2.24) is 19.3 Å². The van der Waals surface area contributed by atoms with Crippen LogP contribution in [0.1, 0.15) is 13.8 Å². The molecule has 2 aromatic heterocycles. The molecule has 2 aromatic rings. The summed E-state index contributed by atoms with van der Waals surface area (Å²) in [5, 5.41) is 3.30. The number of hydrogen-bond donors (Lipinski definition) is 1. The second kappa shape index (κ2) is 5.52. The minimum Gasteiger partial charge on any atom is -0.369 e. The highest BCUT2D eigenvalue weighted by atomic mass is 15.3. The molecule has 0 aliphatic carbocycles. The first-order valence-corrected chi connectivity index (χ1v) is 7.59. The van der Waals surface area contributed by atoms with Gasteiger partial charge < -0.3 is 19.5 Å². The molecule has 21 heavy (non-hydrogen) atoms. The first-order valence-electron chi connectivity index (χ1n) is 7.59. The minimum atomic E-state index is 0.560. The lowest BCUT2D eigenvalue weighted by atomic mass is 10.1. The lowest BCUT2D eigenvalue weighted by Gasteiger charge is -2.23. The molecule has 1 aliphatic rings. The van der Waals surface area contributed by atoms with Gasteiger partial charge in [0.05, 0.1) is 6.20 Å². The van der Waals surface area contributed by atoms with E-state index in [0.717, 1.165) is 36.9 Å². The van der Waals surface area contributed by atoms with Crippen LogP contribution in [0.4, 0.5) is 11.6 Å². The highest BCUT2D eigenvalue weighted by molar-refractivity contribution is 5.67. The number of rotatable bonds is 4. The van der Waals surface area contributed by atoms with Crippen LogP contribution in [0.3, 0.4) is 0 Å². The predicted molar refractivity (Wildman–Crippen MR) is 86.0 cm³/mol. The van der Waals surface area contributed by atoms with E-state index >= 15 is 0 Å². The molecule has 0 spiro atoms. The lowest BCUT2D eigenvalue weighted by Crippen LogP contribution is -2.34. The van der Waals surface area contributed by atoms with Crippen molar-refractivity contribution in [2.24, 2.45) is 5.92 Å². The molecule has 6 nitrogen and oxygen atoms in total. The lowest BCUT2D eigenvalue weighted by molar-refractivity contribution is 0.266. The van der Waals surface area contributed by atoms with E-state index < -0.39 is 0 Å². The van der Waals surface area contributed by atoms with Gasteiger partial charge >= 0.3 is 0 Å². The van der Waals surface area contributed by atoms with Gasteiger partial charge in [-0.15, -0.1) is 0 Å². The fourth-order valence-electron chi connectivity index (χ4n) is 3.19. The first-order chi connectivity index (χ1) is 10.1. The molecule has 1 aliphatic heterocycles. The van der Waals surface area contributed by atoms with Gasteiger partial charge in [0.25, 0.3) is 0 Å². The molecule has 1 N–H and O–H groups in total. The van der Waals surface area contributed by atoms with E-state index in [0.29, 0.717) is 12.0 Å². The molecule has 0 bridgehead atoms. The van der Waals surface area contributed by atoms with Crippen LogP contribution in [0.15, 0.2) is 18.6 Å². The summed E-state index contributed by atoms with van der Waals surface area (Å²) in [4.78, 5) is 13.9. The van der Waals surface area contributed by atoms with Gasteiger partial charge in [-0.25, -0.2) is 9.97 Å². The molecule has 0 radical (unpaired) electrons. The van der Waals surface area contributed by atoms with E-state index in [1.807, 2.05) is 23.0 Å². The van der Waals surface area contributed by atoms with Crippen molar-refractivity contribution in [3.8, 4) is 0 Å². The van der Waals surface area contributed by atoms with Gasteiger partial charge in [0.1, 0.15) is 5.82 Å². The van der Waals surface area contributed by atoms with Gasteiger partial charge in [-0.2, -0.15) is 0 Å². The van der Waals surface area contributed by atoms with E-state index in [1.54, 1.807) is 0 Å². The highest BCUT2D eigenvalue weighted by Crippen LogP contribution is 2.28. The summed E-state index contributed by atoms with van der Waals surface area (Å²) in [6.07, 6.45) is 5.81. The summed E-state index contributed by atoms with van der Waals surface area (Å²) in [5.74, 6) is 2.51. The van der Waals surface area contributed by atoms with E-state index in [4.69, 9.17) is 4.98 Å². The molecule has 114 valence electrons. The van der Waals surface area contributed by atoms with Crippen LogP contribution in [0.2, 0.25) is 0 Å². The summed E-state index contributed by atoms with van der Waals surface area (Å²) in [6.45, 7) is 7.28. The van der Waals surface area contributed by atoms with Crippen LogP contribution < -0.4 is 10.2 Å². The Morgan fingerprint density at radius 3 is 2.86 bits per heavy atom. The summed E-state index contributed by atoms with van der Waals surface area (Å²) in [6, 6.07) is 0.560. The summed E-state index contributed by atoms with van der Waals surface area (Å²) in [5.41, 5.74) is 0.934. The zero-order valence-corrected chi connectivity index (χ0v) is 13.2. The average Bonchev–Trinajstić information content (AvgIpc) is 3.04. The molecule has 3 heterocycles. The van der Waals surface area contributed by atoms with Gasteiger partial charge in [-0.3, -0.25) is 0 Å². The second-order valence-corrected chi connectivity index (χ2v) is 6.05. The number of aromatic nitrogens is 3. The molecule has 0 aromatic carbocycles. The van der Waals surface area contributed by atoms with Gasteiger partial charge in [0.15, 0.2) is 11.5 Å². The van der Waals surface area contributed by atoms with Crippen LogP contribution in [0.5, 0.6) is 0 Å². The smallest absolute Gasteiger partial charge is 0.180 e. The van der Waals surface area contributed by atoms with Crippen molar-refractivity contribution in [2.45, 2.75) is 19.9 Å². The van der Waals surface area contributed by atoms with Crippen LogP contribution >= 0.6 is 0 Å². The number of hydrogen-bond acceptors (Lipinski definition) is 5. The van der Waals surface area contributed by atoms with Crippen molar-refractivity contribution in [2.75, 3.05) is 43.9 Å². The fourth-order valence-corrected chi connectivity index (χ4v) is 3.19. The highest BCUT2D eigenvalue weighted by Gasteiger charge is 2.33. The Bertz CT molecular complexity index is 620. The van der Waals surface area contributed by atoms with E-state index in [-0.39, 0.29) is 0 Å². The SMILES string of the molecule is CCNc1cn2ccnc2c(N2CC(C)C(N(C)C)C2)n1. The number of fused-ring (bicyclic) bond motifs is 1. The largest absolute Gasteiger partial charge is 0.369 e. The van der Waals surface area contributed by atoms with Crippen molar-refractivity contribution in [3.63, 3.8) is 0 Å². The van der Waals surface area contributed by atoms with Crippen molar-refractivity contribution in [1.29, 1.82) is 0 Å². The number of likely N-dealkylation sites (N-methyl/N-ethyl adjacent to an activating group) is 1. The molecule has 1 fully saturated rings. The summed E-state index contributed by atoms with van der Waals surface area (Å²) in [7, 11) is 4.30. The molecule has 3 rings (SSSR count). The second-order valence-electron chi connectivity index (χ2n) is 6.05. The standard InChI is InChI=1S/C15H24N6/c1-5-16-13-10-20-7-6-17-14(20)15(18-13)21-8-11(2)12(9-21)19(3)4/h6-7,10-12,16H,5,8-9H2,1-4H3. The first kappa shape index (κ1) is 14.1. The van der Waals surface area contributed by atoms with Gasteiger partial charge in [0, 0.05) is 38.1 Å². The molecule has 6 heteroatoms. The Labute approximate surface area is 125 Å². The Morgan fingerprint density at radius 1 is 1.38 bits per heavy atom. The number of nitrogens with one attached hydrogen (secondary N) is 1. The summed E-state index contributed by atoms with van der Waals surface area (Å²) >= 11 is 0. The molecule has 2 atom stereocenters. The molecule has 1 saturated heterocycles. The topological polar surface area (TPSA) is 48.7 Å². The van der Waals surface area contributed by atoms with E-state index in [9.17, 15) is 0 Å². The van der Waals surface area contributed by atoms with Crippen LogP contribution in [0, 0.1) is 5.92 Å². The van der Waals surface area contributed by atoms with Crippen LogP contribution in [-0.4, -0.2) is 59.0 Å². The number of nitrogens with zero attached hydrogens (tertiary/aromatic N) is 5. The van der Waals surface area contributed by atoms with Crippen LogP contribution in [0.25, 0.3) is 5.65 Å². The maximum absolute atomic E-state index is 4.79. The van der Waals surface area contributed by atoms with Crippen molar-refractivity contribution in [3.05, 3.63) is 18.6 Å². The number of anilines is 2. The normalized spacial score (nSPS) is 22.4. The molecule has 0 saturated carbocycles. The average molecular weight is 288 g/mol. The van der Waals surface area contributed by atoms with Gasteiger partial charge in [-0.05, 0) is 26.9 Å². The zero-order chi connectivity index (χ0) is 15.0. The monoisotopic (exact) mass is 288 g/mol. The third kappa shape index (κ3) is 2.55. The Kier molecular flexibility index (Phi) is 3.71. The Morgan fingerprint density at radius 2 is 2.19 bits per heavy atom. The minimum absolute atomic E-state index is 0.560. The van der Waals surface area contributed by atoms with Gasteiger partial charge in [-0.1, -0.05) is 6.92 Å². The third-order valence-corrected chi connectivity index (χ3v) is 4.25.